The second-order valence-corrected chi connectivity index (χ2v) is 6.27. The summed E-state index contributed by atoms with van der Waals surface area (Å²) in [6.07, 6.45) is 0.315. The van der Waals surface area contributed by atoms with Gasteiger partial charge in [0.2, 0.25) is 5.91 Å². The minimum atomic E-state index is -0.278. The number of aromatic amines is 1. The van der Waals surface area contributed by atoms with Crippen molar-refractivity contribution in [2.24, 2.45) is 0 Å². The topological polar surface area (TPSA) is 79.8 Å². The van der Waals surface area contributed by atoms with E-state index in [9.17, 15) is 9.59 Å². The zero-order valence-electron chi connectivity index (χ0n) is 14.7. The average molecular weight is 338 g/mol. The number of fused-ring (bicyclic) bond motifs is 1. The molecule has 6 heteroatoms. The second kappa shape index (κ2) is 6.93. The van der Waals surface area contributed by atoms with Gasteiger partial charge in [0.05, 0.1) is 6.42 Å². The van der Waals surface area contributed by atoms with Gasteiger partial charge in [-0.05, 0) is 38.5 Å². The normalized spacial score (nSPS) is 11.0. The molecule has 0 saturated heterocycles. The lowest BCUT2D eigenvalue weighted by Crippen LogP contribution is -2.33. The van der Waals surface area contributed by atoms with E-state index in [4.69, 9.17) is 0 Å². The quantitative estimate of drug-likeness (QED) is 0.747. The molecule has 0 aliphatic rings. The van der Waals surface area contributed by atoms with Crippen LogP contribution in [0.1, 0.15) is 22.6 Å². The molecule has 2 N–H and O–H groups in total. The summed E-state index contributed by atoms with van der Waals surface area (Å²) in [7, 11) is 0. The molecular weight excluding hydrogens is 316 g/mol. The van der Waals surface area contributed by atoms with Crippen LogP contribution in [0.4, 0.5) is 0 Å². The minimum absolute atomic E-state index is 0.0568. The number of aryl methyl sites for hydroxylation is 3. The van der Waals surface area contributed by atoms with E-state index < -0.39 is 0 Å². The van der Waals surface area contributed by atoms with Crippen LogP contribution in [-0.2, 0) is 17.8 Å². The first kappa shape index (κ1) is 17.0. The van der Waals surface area contributed by atoms with Crippen molar-refractivity contribution < 1.29 is 4.79 Å². The summed E-state index contributed by atoms with van der Waals surface area (Å²) >= 11 is 0. The maximum absolute atomic E-state index is 12.3. The first-order valence-corrected chi connectivity index (χ1v) is 8.33. The number of H-pyrrole nitrogens is 1. The van der Waals surface area contributed by atoms with E-state index in [1.807, 2.05) is 44.2 Å². The van der Waals surface area contributed by atoms with Gasteiger partial charge in [-0.15, -0.1) is 0 Å². The molecule has 0 fully saturated rings. The molecule has 0 atom stereocenters. The van der Waals surface area contributed by atoms with Crippen LogP contribution < -0.4 is 11.0 Å². The van der Waals surface area contributed by atoms with Crippen molar-refractivity contribution in [1.29, 1.82) is 0 Å². The SMILES string of the molecule is Cc1cc(C)n(CCNC(=O)Cc2c(C)[nH]c3ccccc23)c(=O)n1. The van der Waals surface area contributed by atoms with Crippen LogP contribution in [0.3, 0.4) is 0 Å². The summed E-state index contributed by atoms with van der Waals surface area (Å²) in [4.78, 5) is 31.4. The Hall–Kier alpha value is -2.89. The van der Waals surface area contributed by atoms with Crippen LogP contribution >= 0.6 is 0 Å². The molecule has 130 valence electrons. The van der Waals surface area contributed by atoms with Crippen molar-refractivity contribution in [1.82, 2.24) is 19.9 Å². The van der Waals surface area contributed by atoms with Gasteiger partial charge in [-0.1, -0.05) is 18.2 Å². The number of rotatable bonds is 5. The molecule has 2 heterocycles. The van der Waals surface area contributed by atoms with Crippen molar-refractivity contribution in [2.75, 3.05) is 6.54 Å². The molecule has 1 amide bonds. The molecule has 6 nitrogen and oxygen atoms in total. The van der Waals surface area contributed by atoms with E-state index in [2.05, 4.69) is 15.3 Å². The summed E-state index contributed by atoms with van der Waals surface area (Å²) in [6.45, 7) is 6.45. The maximum Gasteiger partial charge on any atom is 0.348 e. The van der Waals surface area contributed by atoms with Crippen LogP contribution in [0.15, 0.2) is 35.1 Å². The predicted molar refractivity (Wildman–Crippen MR) is 97.7 cm³/mol. The van der Waals surface area contributed by atoms with Crippen LogP contribution in [0.2, 0.25) is 0 Å². The number of carbonyl (C=O) groups excluding carboxylic acids is 1. The van der Waals surface area contributed by atoms with E-state index >= 15 is 0 Å². The lowest BCUT2D eigenvalue weighted by Gasteiger charge is -2.10. The molecular formula is C19H22N4O2. The third-order valence-corrected chi connectivity index (χ3v) is 4.37. The lowest BCUT2D eigenvalue weighted by molar-refractivity contribution is -0.120. The Bertz CT molecular complexity index is 985. The summed E-state index contributed by atoms with van der Waals surface area (Å²) in [6, 6.07) is 9.82. The van der Waals surface area contributed by atoms with E-state index in [0.717, 1.165) is 27.9 Å². The Morgan fingerprint density at radius 2 is 2.00 bits per heavy atom. The molecule has 0 radical (unpaired) electrons. The zero-order chi connectivity index (χ0) is 18.0. The molecule has 0 bridgehead atoms. The van der Waals surface area contributed by atoms with Gasteiger partial charge in [-0.3, -0.25) is 9.36 Å². The van der Waals surface area contributed by atoms with Crippen molar-refractivity contribution in [3.8, 4) is 0 Å². The first-order chi connectivity index (χ1) is 12.0. The molecule has 0 aliphatic heterocycles. The number of para-hydroxylation sites is 1. The highest BCUT2D eigenvalue weighted by molar-refractivity contribution is 5.90. The minimum Gasteiger partial charge on any atom is -0.358 e. The van der Waals surface area contributed by atoms with Gasteiger partial charge in [-0.2, -0.15) is 4.98 Å². The number of benzene rings is 1. The Kier molecular flexibility index (Phi) is 4.70. The largest absolute Gasteiger partial charge is 0.358 e. The Morgan fingerprint density at radius 3 is 2.76 bits per heavy atom. The van der Waals surface area contributed by atoms with Gasteiger partial charge in [0.15, 0.2) is 0 Å². The third kappa shape index (κ3) is 3.63. The highest BCUT2D eigenvalue weighted by Crippen LogP contribution is 2.22. The molecule has 1 aromatic carbocycles. The summed E-state index contributed by atoms with van der Waals surface area (Å²) in [5.74, 6) is -0.0568. The Balaban J connectivity index is 1.64. The van der Waals surface area contributed by atoms with Gasteiger partial charge in [-0.25, -0.2) is 4.79 Å². The number of aromatic nitrogens is 3. The van der Waals surface area contributed by atoms with Crippen LogP contribution in [0.25, 0.3) is 10.9 Å². The van der Waals surface area contributed by atoms with E-state index in [-0.39, 0.29) is 11.6 Å². The highest BCUT2D eigenvalue weighted by Gasteiger charge is 2.12. The molecule has 0 unspecified atom stereocenters. The van der Waals surface area contributed by atoms with Crippen LogP contribution in [-0.4, -0.2) is 27.0 Å². The van der Waals surface area contributed by atoms with Crippen molar-refractivity contribution in [3.63, 3.8) is 0 Å². The third-order valence-electron chi connectivity index (χ3n) is 4.37. The smallest absolute Gasteiger partial charge is 0.348 e. The van der Waals surface area contributed by atoms with Crippen molar-refractivity contribution >= 4 is 16.8 Å². The maximum atomic E-state index is 12.3. The first-order valence-electron chi connectivity index (χ1n) is 8.33. The summed E-state index contributed by atoms with van der Waals surface area (Å²) in [5, 5.41) is 3.96. The van der Waals surface area contributed by atoms with Gasteiger partial charge in [0.1, 0.15) is 0 Å². The molecule has 0 aliphatic carbocycles. The van der Waals surface area contributed by atoms with E-state index in [1.165, 1.54) is 0 Å². The Morgan fingerprint density at radius 1 is 1.24 bits per heavy atom. The molecule has 2 aromatic heterocycles. The molecule has 0 spiro atoms. The van der Waals surface area contributed by atoms with E-state index in [0.29, 0.717) is 25.2 Å². The number of hydrogen-bond acceptors (Lipinski definition) is 3. The number of carbonyl (C=O) groups is 1. The summed E-state index contributed by atoms with van der Waals surface area (Å²) in [5.41, 5.74) is 4.33. The van der Waals surface area contributed by atoms with Crippen LogP contribution in [0, 0.1) is 20.8 Å². The highest BCUT2D eigenvalue weighted by atomic mass is 16.2. The number of amides is 1. The van der Waals surface area contributed by atoms with Gasteiger partial charge in [0, 0.05) is 41.1 Å². The number of hydrogen-bond donors (Lipinski definition) is 2. The molecule has 3 rings (SSSR count). The van der Waals surface area contributed by atoms with E-state index in [1.54, 1.807) is 11.5 Å². The van der Waals surface area contributed by atoms with Gasteiger partial charge >= 0.3 is 5.69 Å². The monoisotopic (exact) mass is 338 g/mol. The standard InChI is InChI=1S/C19H22N4O2/c1-12-10-13(2)23(19(25)21-12)9-8-20-18(24)11-16-14(3)22-17-7-5-4-6-15(16)17/h4-7,10,22H,8-9,11H2,1-3H3,(H,20,24). The van der Waals surface area contributed by atoms with Crippen molar-refractivity contribution in [3.05, 3.63) is 63.5 Å². The second-order valence-electron chi connectivity index (χ2n) is 6.27. The fourth-order valence-electron chi connectivity index (χ4n) is 3.14. The molecule has 3 aromatic rings. The molecule has 0 saturated carbocycles. The average Bonchev–Trinajstić information content (AvgIpc) is 2.86. The molecule has 25 heavy (non-hydrogen) atoms. The number of nitrogens with zero attached hydrogens (tertiary/aromatic N) is 2. The van der Waals surface area contributed by atoms with Crippen LogP contribution in [0.5, 0.6) is 0 Å². The fourth-order valence-corrected chi connectivity index (χ4v) is 3.14. The van der Waals surface area contributed by atoms with Gasteiger partial charge < -0.3 is 10.3 Å². The zero-order valence-corrected chi connectivity index (χ0v) is 14.7. The van der Waals surface area contributed by atoms with Crippen molar-refractivity contribution in [2.45, 2.75) is 33.7 Å². The van der Waals surface area contributed by atoms with Gasteiger partial charge in [0.25, 0.3) is 0 Å². The Labute approximate surface area is 145 Å². The summed E-state index contributed by atoms with van der Waals surface area (Å²) < 4.78 is 1.57. The lowest BCUT2D eigenvalue weighted by atomic mass is 10.1. The fraction of sp³-hybridized carbons (Fsp3) is 0.316. The predicted octanol–water partition coefficient (Wildman–Crippen LogP) is 2.01. The number of nitrogens with one attached hydrogen (secondary N) is 2.